The summed E-state index contributed by atoms with van der Waals surface area (Å²) in [4.78, 5) is 8.45. The molecule has 5 rings (SSSR count). The predicted octanol–water partition coefficient (Wildman–Crippen LogP) is 4.06. The highest BCUT2D eigenvalue weighted by atomic mass is 15.3. The van der Waals surface area contributed by atoms with Crippen LogP contribution in [-0.2, 0) is 6.54 Å². The van der Waals surface area contributed by atoms with Crippen LogP contribution >= 0.6 is 0 Å². The Hall–Kier alpha value is -2.46. The minimum absolute atomic E-state index is 0.842. The smallest absolute Gasteiger partial charge is 0.0457 e. The molecule has 3 aromatic rings. The van der Waals surface area contributed by atoms with Gasteiger partial charge in [-0.15, -0.1) is 0 Å². The van der Waals surface area contributed by atoms with Crippen LogP contribution < -0.4 is 10.2 Å². The maximum Gasteiger partial charge on any atom is 0.0457 e. The number of anilines is 2. The van der Waals surface area contributed by atoms with E-state index in [4.69, 9.17) is 0 Å². The molecule has 1 aliphatic carbocycles. The Bertz CT molecular complexity index is 871. The van der Waals surface area contributed by atoms with Gasteiger partial charge in [-0.05, 0) is 60.2 Å². The summed E-state index contributed by atoms with van der Waals surface area (Å²) in [6.07, 6.45) is 4.82. The van der Waals surface area contributed by atoms with Crippen molar-refractivity contribution >= 4 is 22.3 Å². The van der Waals surface area contributed by atoms with Gasteiger partial charge in [-0.1, -0.05) is 12.1 Å². The molecule has 0 unspecified atom stereocenters. The van der Waals surface area contributed by atoms with Crippen LogP contribution in [0.2, 0.25) is 0 Å². The molecule has 2 heterocycles. The molecule has 0 radical (unpaired) electrons. The van der Waals surface area contributed by atoms with E-state index in [0.717, 1.165) is 25.7 Å². The van der Waals surface area contributed by atoms with Crippen LogP contribution in [0.25, 0.3) is 10.9 Å². The molecule has 2 fully saturated rings. The van der Waals surface area contributed by atoms with E-state index in [2.05, 4.69) is 68.6 Å². The molecule has 1 aromatic heterocycles. The molecule has 4 nitrogen and oxygen atoms in total. The third-order valence-corrected chi connectivity index (χ3v) is 5.73. The summed E-state index contributed by atoms with van der Waals surface area (Å²) in [5, 5.41) is 4.80. The fourth-order valence-corrected chi connectivity index (χ4v) is 3.98. The maximum atomic E-state index is 3.54. The van der Waals surface area contributed by atoms with Crippen molar-refractivity contribution in [2.45, 2.75) is 25.4 Å². The van der Waals surface area contributed by atoms with E-state index in [-0.39, 0.29) is 0 Å². The highest BCUT2D eigenvalue weighted by Gasteiger charge is 2.31. The normalized spacial score (nSPS) is 18.4. The molecule has 0 amide bonds. The Labute approximate surface area is 154 Å². The Morgan fingerprint density at radius 3 is 2.50 bits per heavy atom. The van der Waals surface area contributed by atoms with Gasteiger partial charge in [0.15, 0.2) is 0 Å². The summed E-state index contributed by atoms with van der Waals surface area (Å²) in [5.41, 5.74) is 5.01. The number of fused-ring (bicyclic) bond motifs is 1. The Morgan fingerprint density at radius 1 is 0.923 bits per heavy atom. The van der Waals surface area contributed by atoms with Gasteiger partial charge in [0.1, 0.15) is 0 Å². The first-order chi connectivity index (χ1) is 12.8. The first-order valence-corrected chi connectivity index (χ1v) is 9.74. The van der Waals surface area contributed by atoms with Crippen molar-refractivity contribution in [1.82, 2.24) is 9.88 Å². The van der Waals surface area contributed by atoms with Crippen LogP contribution in [0.4, 0.5) is 11.4 Å². The number of aromatic nitrogens is 1. The van der Waals surface area contributed by atoms with E-state index in [1.165, 1.54) is 53.8 Å². The molecule has 0 spiro atoms. The van der Waals surface area contributed by atoms with Crippen LogP contribution in [0.15, 0.2) is 54.7 Å². The highest BCUT2D eigenvalue weighted by Crippen LogP contribution is 2.28. The van der Waals surface area contributed by atoms with E-state index in [1.807, 2.05) is 6.20 Å². The third-order valence-electron chi connectivity index (χ3n) is 5.73. The van der Waals surface area contributed by atoms with Crippen molar-refractivity contribution in [3.05, 3.63) is 60.3 Å². The average molecular weight is 346 g/mol. The molecule has 2 aromatic carbocycles. The number of benzene rings is 2. The molecule has 2 aliphatic rings. The lowest BCUT2D eigenvalue weighted by molar-refractivity contribution is 0.248. The van der Waals surface area contributed by atoms with Crippen LogP contribution in [0.3, 0.4) is 0 Å². The second kappa shape index (κ2) is 6.69. The standard InChI is InChI=1S/C22H26N4/c1-2-18-9-10-23-22(18)15-17(1)16-24-19-3-5-20(6-4-19)25-11-13-26(14-12-25)21-7-8-21/h1-6,9-10,15,21,23-24H,7-8,11-14,16H2. The zero-order chi connectivity index (χ0) is 17.3. The fraction of sp³-hybridized carbons (Fsp3) is 0.364. The first kappa shape index (κ1) is 15.8. The van der Waals surface area contributed by atoms with E-state index in [9.17, 15) is 0 Å². The summed E-state index contributed by atoms with van der Waals surface area (Å²) < 4.78 is 0. The number of H-pyrrole nitrogens is 1. The molecular formula is C22H26N4. The van der Waals surface area contributed by atoms with Crippen molar-refractivity contribution in [1.29, 1.82) is 0 Å². The number of piperazine rings is 1. The van der Waals surface area contributed by atoms with E-state index >= 15 is 0 Å². The first-order valence-electron chi connectivity index (χ1n) is 9.74. The predicted molar refractivity (Wildman–Crippen MR) is 109 cm³/mol. The van der Waals surface area contributed by atoms with Gasteiger partial charge in [0.2, 0.25) is 0 Å². The summed E-state index contributed by atoms with van der Waals surface area (Å²) in [5.74, 6) is 0. The summed E-state index contributed by atoms with van der Waals surface area (Å²) in [7, 11) is 0. The average Bonchev–Trinajstić information content (AvgIpc) is 3.44. The molecule has 0 atom stereocenters. The molecule has 26 heavy (non-hydrogen) atoms. The topological polar surface area (TPSA) is 34.3 Å². The molecule has 0 bridgehead atoms. The van der Waals surface area contributed by atoms with Crippen molar-refractivity contribution in [3.8, 4) is 0 Å². The molecule has 2 N–H and O–H groups in total. The minimum Gasteiger partial charge on any atom is -0.381 e. The van der Waals surface area contributed by atoms with Gasteiger partial charge in [-0.3, -0.25) is 4.90 Å². The number of hydrogen-bond donors (Lipinski definition) is 2. The van der Waals surface area contributed by atoms with Gasteiger partial charge in [-0.2, -0.15) is 0 Å². The van der Waals surface area contributed by atoms with Gasteiger partial charge >= 0.3 is 0 Å². The number of aromatic amines is 1. The lowest BCUT2D eigenvalue weighted by Gasteiger charge is -2.36. The third kappa shape index (κ3) is 3.29. The fourth-order valence-electron chi connectivity index (χ4n) is 3.98. The molecule has 4 heteroatoms. The van der Waals surface area contributed by atoms with Gasteiger partial charge in [0.05, 0.1) is 0 Å². The molecule has 1 aliphatic heterocycles. The summed E-state index contributed by atoms with van der Waals surface area (Å²) >= 11 is 0. The van der Waals surface area contributed by atoms with Gasteiger partial charge in [0, 0.05) is 61.9 Å². The van der Waals surface area contributed by atoms with Crippen LogP contribution in [0.5, 0.6) is 0 Å². The summed E-state index contributed by atoms with van der Waals surface area (Å²) in [6.45, 7) is 5.57. The number of nitrogens with zero attached hydrogens (tertiary/aromatic N) is 2. The molecule has 1 saturated carbocycles. The van der Waals surface area contributed by atoms with Crippen molar-refractivity contribution in [2.75, 3.05) is 36.4 Å². The molecular weight excluding hydrogens is 320 g/mol. The number of nitrogens with one attached hydrogen (secondary N) is 2. The molecule has 1 saturated heterocycles. The number of rotatable bonds is 5. The van der Waals surface area contributed by atoms with Gasteiger partial charge in [-0.25, -0.2) is 0 Å². The summed E-state index contributed by atoms with van der Waals surface area (Å²) in [6, 6.07) is 18.5. The van der Waals surface area contributed by atoms with Crippen LogP contribution in [0.1, 0.15) is 18.4 Å². The Morgan fingerprint density at radius 2 is 1.73 bits per heavy atom. The second-order valence-corrected chi connectivity index (χ2v) is 7.55. The van der Waals surface area contributed by atoms with Crippen molar-refractivity contribution in [3.63, 3.8) is 0 Å². The maximum absolute atomic E-state index is 3.54. The van der Waals surface area contributed by atoms with E-state index in [0.29, 0.717) is 0 Å². The SMILES string of the molecule is c1cc2ccc(CNc3ccc(N4CCN(C5CC5)CC4)cc3)cc2[nH]1. The lowest BCUT2D eigenvalue weighted by Crippen LogP contribution is -2.47. The zero-order valence-electron chi connectivity index (χ0n) is 15.1. The minimum atomic E-state index is 0.842. The lowest BCUT2D eigenvalue weighted by atomic mass is 10.1. The quantitative estimate of drug-likeness (QED) is 0.731. The molecule has 134 valence electrons. The van der Waals surface area contributed by atoms with E-state index in [1.54, 1.807) is 0 Å². The van der Waals surface area contributed by atoms with Gasteiger partial charge < -0.3 is 15.2 Å². The van der Waals surface area contributed by atoms with Crippen molar-refractivity contribution in [2.24, 2.45) is 0 Å². The van der Waals surface area contributed by atoms with Gasteiger partial charge in [0.25, 0.3) is 0 Å². The number of hydrogen-bond acceptors (Lipinski definition) is 3. The van der Waals surface area contributed by atoms with Crippen LogP contribution in [-0.4, -0.2) is 42.1 Å². The zero-order valence-corrected chi connectivity index (χ0v) is 15.1. The Balaban J connectivity index is 1.18. The van der Waals surface area contributed by atoms with E-state index < -0.39 is 0 Å². The largest absolute Gasteiger partial charge is 0.381 e. The Kier molecular flexibility index (Phi) is 4.06. The van der Waals surface area contributed by atoms with Crippen molar-refractivity contribution < 1.29 is 0 Å². The monoisotopic (exact) mass is 346 g/mol. The second-order valence-electron chi connectivity index (χ2n) is 7.55. The highest BCUT2D eigenvalue weighted by molar-refractivity contribution is 5.79. The van der Waals surface area contributed by atoms with Crippen LogP contribution in [0, 0.1) is 0 Å².